The lowest BCUT2D eigenvalue weighted by Gasteiger charge is -2.08. The first-order chi connectivity index (χ1) is 9.51. The summed E-state index contributed by atoms with van der Waals surface area (Å²) in [5, 5.41) is 0.386. The summed E-state index contributed by atoms with van der Waals surface area (Å²) in [5.74, 6) is 0.398. The van der Waals surface area contributed by atoms with E-state index in [0.29, 0.717) is 10.9 Å². The van der Waals surface area contributed by atoms with Gasteiger partial charge in [0, 0.05) is 17.4 Å². The average Bonchev–Trinajstić information content (AvgIpc) is 2.45. The molecule has 0 aromatic heterocycles. The van der Waals surface area contributed by atoms with Crippen molar-refractivity contribution in [3.63, 3.8) is 0 Å². The fourth-order valence-corrected chi connectivity index (χ4v) is 3.20. The molecule has 3 nitrogen and oxygen atoms in total. The van der Waals surface area contributed by atoms with Crippen molar-refractivity contribution in [3.05, 3.63) is 64.7 Å². The van der Waals surface area contributed by atoms with E-state index in [-0.39, 0.29) is 11.4 Å². The Morgan fingerprint density at radius 3 is 2.40 bits per heavy atom. The van der Waals surface area contributed by atoms with Crippen LogP contribution in [0.5, 0.6) is 0 Å². The molecule has 0 unspecified atom stereocenters. The maximum Gasteiger partial charge on any atom is 0.240 e. The molecule has 0 saturated heterocycles. The van der Waals surface area contributed by atoms with Crippen LogP contribution in [0.1, 0.15) is 11.1 Å². The van der Waals surface area contributed by atoms with Crippen LogP contribution in [0.3, 0.4) is 0 Å². The van der Waals surface area contributed by atoms with Crippen LogP contribution in [0.2, 0.25) is 5.02 Å². The molecular weight excluding hydrogens is 317 g/mol. The molecule has 0 radical (unpaired) electrons. The first-order valence-corrected chi connectivity index (χ1v) is 8.30. The van der Waals surface area contributed by atoms with Gasteiger partial charge in [-0.05, 0) is 29.3 Å². The normalized spacial score (nSPS) is 11.5. The van der Waals surface area contributed by atoms with Crippen LogP contribution in [0.4, 0.5) is 0 Å². The van der Waals surface area contributed by atoms with Gasteiger partial charge in [0.2, 0.25) is 10.0 Å². The second-order valence-electron chi connectivity index (χ2n) is 4.24. The van der Waals surface area contributed by atoms with E-state index >= 15 is 0 Å². The van der Waals surface area contributed by atoms with Crippen LogP contribution in [0.25, 0.3) is 0 Å². The van der Waals surface area contributed by atoms with Crippen LogP contribution >= 0.6 is 23.2 Å². The minimum atomic E-state index is -3.57. The van der Waals surface area contributed by atoms with E-state index in [4.69, 9.17) is 23.2 Å². The molecule has 6 heteroatoms. The molecule has 2 aromatic carbocycles. The molecular formula is C14H13Cl2NO2S. The predicted octanol–water partition coefficient (Wildman–Crippen LogP) is 3.56. The van der Waals surface area contributed by atoms with Crippen LogP contribution in [0, 0.1) is 0 Å². The highest BCUT2D eigenvalue weighted by atomic mass is 35.5. The number of nitrogens with one attached hydrogen (secondary N) is 1. The van der Waals surface area contributed by atoms with Crippen molar-refractivity contribution in [1.82, 2.24) is 4.72 Å². The third kappa shape index (κ3) is 3.96. The smallest absolute Gasteiger partial charge is 0.207 e. The van der Waals surface area contributed by atoms with E-state index in [1.165, 1.54) is 12.1 Å². The molecule has 0 atom stereocenters. The molecule has 2 aromatic rings. The molecule has 0 bridgehead atoms. The molecule has 0 fully saturated rings. The lowest BCUT2D eigenvalue weighted by atomic mass is 10.1. The van der Waals surface area contributed by atoms with Gasteiger partial charge in [-0.25, -0.2) is 13.1 Å². The standard InChI is InChI=1S/C14H13Cl2NO2S/c15-9-11-3-1-4-12(7-11)10-17-20(18,19)14-6-2-5-13(16)8-14/h1-8,17H,9-10H2. The Bertz CT molecular complexity index is 702. The van der Waals surface area contributed by atoms with Gasteiger partial charge in [0.15, 0.2) is 0 Å². The fourth-order valence-electron chi connectivity index (χ4n) is 1.72. The van der Waals surface area contributed by atoms with Crippen LogP contribution in [0.15, 0.2) is 53.4 Å². The predicted molar refractivity (Wildman–Crippen MR) is 81.5 cm³/mol. The van der Waals surface area contributed by atoms with Crippen molar-refractivity contribution in [1.29, 1.82) is 0 Å². The highest BCUT2D eigenvalue weighted by Gasteiger charge is 2.13. The lowest BCUT2D eigenvalue weighted by molar-refractivity contribution is 0.581. The number of rotatable bonds is 5. The van der Waals surface area contributed by atoms with E-state index in [0.717, 1.165) is 11.1 Å². The first-order valence-electron chi connectivity index (χ1n) is 5.90. The summed E-state index contributed by atoms with van der Waals surface area (Å²) < 4.78 is 26.8. The Kier molecular flexibility index (Phi) is 5.05. The Hall–Kier alpha value is -1.07. The second kappa shape index (κ2) is 6.59. The lowest BCUT2D eigenvalue weighted by Crippen LogP contribution is -2.23. The zero-order valence-electron chi connectivity index (χ0n) is 10.5. The quantitative estimate of drug-likeness (QED) is 0.852. The van der Waals surface area contributed by atoms with Crippen LogP contribution < -0.4 is 4.72 Å². The van der Waals surface area contributed by atoms with Crippen molar-refractivity contribution >= 4 is 33.2 Å². The number of sulfonamides is 1. The Balaban J connectivity index is 2.13. The minimum absolute atomic E-state index is 0.151. The Labute approximate surface area is 128 Å². The van der Waals surface area contributed by atoms with Gasteiger partial charge in [0.1, 0.15) is 0 Å². The highest BCUT2D eigenvalue weighted by molar-refractivity contribution is 7.89. The summed E-state index contributed by atoms with van der Waals surface area (Å²) in [6.07, 6.45) is 0. The third-order valence-corrected chi connectivity index (χ3v) is 4.66. The molecule has 0 heterocycles. The van der Waals surface area contributed by atoms with E-state index < -0.39 is 10.0 Å². The van der Waals surface area contributed by atoms with Gasteiger partial charge in [0.05, 0.1) is 4.90 Å². The van der Waals surface area contributed by atoms with Crippen molar-refractivity contribution in [3.8, 4) is 0 Å². The van der Waals surface area contributed by atoms with E-state index in [1.807, 2.05) is 24.3 Å². The number of halogens is 2. The van der Waals surface area contributed by atoms with Gasteiger partial charge in [-0.1, -0.05) is 41.9 Å². The van der Waals surface area contributed by atoms with Gasteiger partial charge >= 0.3 is 0 Å². The van der Waals surface area contributed by atoms with E-state index in [9.17, 15) is 8.42 Å². The topological polar surface area (TPSA) is 46.2 Å². The molecule has 0 aliphatic rings. The van der Waals surface area contributed by atoms with Crippen LogP contribution in [-0.2, 0) is 22.4 Å². The monoisotopic (exact) mass is 329 g/mol. The number of hydrogen-bond donors (Lipinski definition) is 1. The van der Waals surface area contributed by atoms with Crippen molar-refractivity contribution in [2.45, 2.75) is 17.3 Å². The average molecular weight is 330 g/mol. The van der Waals surface area contributed by atoms with E-state index in [1.54, 1.807) is 12.1 Å². The van der Waals surface area contributed by atoms with Gasteiger partial charge in [-0.15, -0.1) is 11.6 Å². The summed E-state index contributed by atoms with van der Waals surface area (Å²) in [4.78, 5) is 0.151. The van der Waals surface area contributed by atoms with Gasteiger partial charge in [0.25, 0.3) is 0 Å². The number of alkyl halides is 1. The molecule has 0 amide bonds. The Morgan fingerprint density at radius 2 is 1.70 bits per heavy atom. The molecule has 106 valence electrons. The molecule has 1 N–H and O–H groups in total. The Morgan fingerprint density at radius 1 is 1.00 bits per heavy atom. The van der Waals surface area contributed by atoms with Crippen molar-refractivity contribution in [2.75, 3.05) is 0 Å². The number of hydrogen-bond acceptors (Lipinski definition) is 2. The summed E-state index contributed by atoms with van der Waals surface area (Å²) in [5.41, 5.74) is 1.81. The van der Waals surface area contributed by atoms with Gasteiger partial charge in [-0.3, -0.25) is 0 Å². The molecule has 0 aliphatic heterocycles. The highest BCUT2D eigenvalue weighted by Crippen LogP contribution is 2.16. The van der Waals surface area contributed by atoms with Gasteiger partial charge < -0.3 is 0 Å². The maximum atomic E-state index is 12.1. The zero-order valence-corrected chi connectivity index (χ0v) is 12.8. The second-order valence-corrected chi connectivity index (χ2v) is 6.71. The largest absolute Gasteiger partial charge is 0.240 e. The number of benzene rings is 2. The van der Waals surface area contributed by atoms with Crippen molar-refractivity contribution in [2.24, 2.45) is 0 Å². The third-order valence-electron chi connectivity index (χ3n) is 2.72. The molecule has 2 rings (SSSR count). The van der Waals surface area contributed by atoms with Crippen LogP contribution in [-0.4, -0.2) is 8.42 Å². The summed E-state index contributed by atoms with van der Waals surface area (Å²) in [6.45, 7) is 0.208. The summed E-state index contributed by atoms with van der Waals surface area (Å²) in [7, 11) is -3.57. The zero-order chi connectivity index (χ0) is 14.6. The molecule has 0 spiro atoms. The molecule has 0 aliphatic carbocycles. The first kappa shape index (κ1) is 15.3. The fraction of sp³-hybridized carbons (Fsp3) is 0.143. The molecule has 20 heavy (non-hydrogen) atoms. The van der Waals surface area contributed by atoms with E-state index in [2.05, 4.69) is 4.72 Å². The molecule has 0 saturated carbocycles. The SMILES string of the molecule is O=S(=O)(NCc1cccc(CCl)c1)c1cccc(Cl)c1. The summed E-state index contributed by atoms with van der Waals surface area (Å²) >= 11 is 11.5. The van der Waals surface area contributed by atoms with Crippen molar-refractivity contribution < 1.29 is 8.42 Å². The maximum absolute atomic E-state index is 12.1. The minimum Gasteiger partial charge on any atom is -0.207 e. The summed E-state index contributed by atoms with van der Waals surface area (Å²) in [6, 6.07) is 13.6. The van der Waals surface area contributed by atoms with Gasteiger partial charge in [-0.2, -0.15) is 0 Å².